The Labute approximate surface area is 113 Å². The summed E-state index contributed by atoms with van der Waals surface area (Å²) in [5, 5.41) is 8.24. The third-order valence-corrected chi connectivity index (χ3v) is 2.99. The number of hydrogen-bond donors (Lipinski definition) is 2. The van der Waals surface area contributed by atoms with Crippen molar-refractivity contribution in [1.82, 2.24) is 20.2 Å². The third-order valence-electron chi connectivity index (χ3n) is 2.78. The van der Waals surface area contributed by atoms with Gasteiger partial charge in [0.15, 0.2) is 5.65 Å². The van der Waals surface area contributed by atoms with Crippen molar-refractivity contribution in [3.05, 3.63) is 29.5 Å². The van der Waals surface area contributed by atoms with Crippen molar-refractivity contribution in [2.75, 3.05) is 12.8 Å². The first-order valence-electron chi connectivity index (χ1n) is 5.48. The van der Waals surface area contributed by atoms with Gasteiger partial charge in [0.05, 0.1) is 18.2 Å². The summed E-state index contributed by atoms with van der Waals surface area (Å²) in [5.74, 6) is 1.02. The van der Waals surface area contributed by atoms with E-state index in [1.165, 1.54) is 6.33 Å². The molecular formula is C12H10ClN5O. The average molecular weight is 276 g/mol. The van der Waals surface area contributed by atoms with Gasteiger partial charge >= 0.3 is 0 Å². The van der Waals surface area contributed by atoms with E-state index in [4.69, 9.17) is 22.1 Å². The van der Waals surface area contributed by atoms with Crippen molar-refractivity contribution in [3.8, 4) is 17.0 Å². The van der Waals surface area contributed by atoms with Gasteiger partial charge in [-0.1, -0.05) is 11.6 Å². The maximum atomic E-state index is 6.06. The van der Waals surface area contributed by atoms with E-state index >= 15 is 0 Å². The molecule has 0 aliphatic heterocycles. The SMILES string of the molecule is COc1cc(Cl)cc(-c2[nH]nc3ncnc(N)c23)c1. The zero-order valence-electron chi connectivity index (χ0n) is 10.0. The first kappa shape index (κ1) is 11.7. The van der Waals surface area contributed by atoms with Gasteiger partial charge in [-0.25, -0.2) is 9.97 Å². The van der Waals surface area contributed by atoms with Crippen LogP contribution in [0.25, 0.3) is 22.3 Å². The molecule has 0 fully saturated rings. The smallest absolute Gasteiger partial charge is 0.186 e. The van der Waals surface area contributed by atoms with Gasteiger partial charge in [-0.3, -0.25) is 5.10 Å². The Bertz CT molecular complexity index is 755. The first-order valence-corrected chi connectivity index (χ1v) is 5.86. The van der Waals surface area contributed by atoms with Crippen molar-refractivity contribution >= 4 is 28.5 Å². The fourth-order valence-electron chi connectivity index (χ4n) is 1.91. The highest BCUT2D eigenvalue weighted by atomic mass is 35.5. The molecule has 0 aliphatic carbocycles. The Morgan fingerprint density at radius 3 is 2.89 bits per heavy atom. The molecule has 0 radical (unpaired) electrons. The number of H-pyrrole nitrogens is 1. The average Bonchev–Trinajstić information content (AvgIpc) is 2.83. The molecule has 0 atom stereocenters. The van der Waals surface area contributed by atoms with Crippen LogP contribution in [0.1, 0.15) is 0 Å². The Kier molecular flexibility index (Phi) is 2.72. The van der Waals surface area contributed by atoms with Gasteiger partial charge in [0, 0.05) is 10.6 Å². The number of nitrogens with zero attached hydrogens (tertiary/aromatic N) is 3. The van der Waals surface area contributed by atoms with E-state index in [9.17, 15) is 0 Å². The van der Waals surface area contributed by atoms with Crippen molar-refractivity contribution in [1.29, 1.82) is 0 Å². The van der Waals surface area contributed by atoms with Gasteiger partial charge in [-0.2, -0.15) is 5.10 Å². The van der Waals surface area contributed by atoms with Crippen LogP contribution < -0.4 is 10.5 Å². The zero-order chi connectivity index (χ0) is 13.4. The van der Waals surface area contributed by atoms with Crippen molar-refractivity contribution in [2.45, 2.75) is 0 Å². The molecule has 3 aromatic rings. The highest BCUT2D eigenvalue weighted by Gasteiger charge is 2.13. The molecule has 0 saturated heterocycles. The first-order chi connectivity index (χ1) is 9.19. The predicted molar refractivity (Wildman–Crippen MR) is 73.1 cm³/mol. The van der Waals surface area contributed by atoms with Gasteiger partial charge in [0.25, 0.3) is 0 Å². The Morgan fingerprint density at radius 2 is 2.11 bits per heavy atom. The van der Waals surface area contributed by atoms with Crippen LogP contribution in [0, 0.1) is 0 Å². The van der Waals surface area contributed by atoms with E-state index in [0.717, 1.165) is 5.56 Å². The number of aromatic nitrogens is 4. The number of methoxy groups -OCH3 is 1. The summed E-state index contributed by atoms with van der Waals surface area (Å²) in [4.78, 5) is 8.03. The number of nitrogens with one attached hydrogen (secondary N) is 1. The molecule has 3 N–H and O–H groups in total. The highest BCUT2D eigenvalue weighted by molar-refractivity contribution is 6.31. The largest absolute Gasteiger partial charge is 0.497 e. The lowest BCUT2D eigenvalue weighted by Crippen LogP contribution is -1.93. The summed E-state index contributed by atoms with van der Waals surface area (Å²) in [7, 11) is 1.58. The van der Waals surface area contributed by atoms with E-state index in [0.29, 0.717) is 33.3 Å². The number of aromatic amines is 1. The van der Waals surface area contributed by atoms with E-state index in [2.05, 4.69) is 20.2 Å². The highest BCUT2D eigenvalue weighted by Crippen LogP contribution is 2.32. The van der Waals surface area contributed by atoms with E-state index < -0.39 is 0 Å². The van der Waals surface area contributed by atoms with Crippen LogP contribution in [0.5, 0.6) is 5.75 Å². The van der Waals surface area contributed by atoms with Crippen LogP contribution in [-0.2, 0) is 0 Å². The second kappa shape index (κ2) is 4.40. The molecule has 0 bridgehead atoms. The molecule has 6 nitrogen and oxygen atoms in total. The lowest BCUT2D eigenvalue weighted by Gasteiger charge is -2.05. The predicted octanol–water partition coefficient (Wildman–Crippen LogP) is 2.26. The number of ether oxygens (including phenoxy) is 1. The van der Waals surface area contributed by atoms with Crippen molar-refractivity contribution < 1.29 is 4.74 Å². The molecule has 19 heavy (non-hydrogen) atoms. The van der Waals surface area contributed by atoms with Crippen LogP contribution in [0.15, 0.2) is 24.5 Å². The number of nitrogens with two attached hydrogens (primary N) is 1. The lowest BCUT2D eigenvalue weighted by molar-refractivity contribution is 0.415. The number of anilines is 1. The van der Waals surface area contributed by atoms with Crippen LogP contribution in [-0.4, -0.2) is 27.3 Å². The summed E-state index contributed by atoms with van der Waals surface area (Å²) in [6, 6.07) is 5.36. The van der Waals surface area contributed by atoms with Crippen LogP contribution in [0.3, 0.4) is 0 Å². The van der Waals surface area contributed by atoms with E-state index in [1.54, 1.807) is 19.2 Å². The second-order valence-corrected chi connectivity index (χ2v) is 4.37. The number of rotatable bonds is 2. The molecule has 2 heterocycles. The molecule has 0 aliphatic rings. The van der Waals surface area contributed by atoms with Gasteiger partial charge in [0.2, 0.25) is 0 Å². The number of nitrogen functional groups attached to an aromatic ring is 1. The number of halogens is 1. The number of hydrogen-bond acceptors (Lipinski definition) is 5. The van der Waals surface area contributed by atoms with E-state index in [1.807, 2.05) is 6.07 Å². The minimum Gasteiger partial charge on any atom is -0.497 e. The van der Waals surface area contributed by atoms with Crippen molar-refractivity contribution in [3.63, 3.8) is 0 Å². The molecular weight excluding hydrogens is 266 g/mol. The number of fused-ring (bicyclic) bond motifs is 1. The zero-order valence-corrected chi connectivity index (χ0v) is 10.8. The van der Waals surface area contributed by atoms with Crippen molar-refractivity contribution in [2.24, 2.45) is 0 Å². The van der Waals surface area contributed by atoms with Gasteiger partial charge in [-0.05, 0) is 18.2 Å². The summed E-state index contributed by atoms with van der Waals surface area (Å²) in [5.41, 5.74) is 7.92. The van der Waals surface area contributed by atoms with Crippen LogP contribution >= 0.6 is 11.6 Å². The van der Waals surface area contributed by atoms with Gasteiger partial charge < -0.3 is 10.5 Å². The van der Waals surface area contributed by atoms with E-state index in [-0.39, 0.29) is 0 Å². The standard InChI is InChI=1S/C12H10ClN5O/c1-19-8-3-6(2-7(13)4-8)10-9-11(14)15-5-16-12(9)18-17-10/h2-5H,1H3,(H3,14,15,16,17,18). The maximum absolute atomic E-state index is 6.06. The second-order valence-electron chi connectivity index (χ2n) is 3.94. The minimum absolute atomic E-state index is 0.368. The van der Waals surface area contributed by atoms with Crippen LogP contribution in [0.2, 0.25) is 5.02 Å². The number of benzene rings is 1. The monoisotopic (exact) mass is 275 g/mol. The summed E-state index contributed by atoms with van der Waals surface area (Å²) in [6.45, 7) is 0. The lowest BCUT2D eigenvalue weighted by atomic mass is 10.1. The Hall–Kier alpha value is -2.34. The molecule has 0 spiro atoms. The minimum atomic E-state index is 0.368. The fourth-order valence-corrected chi connectivity index (χ4v) is 2.14. The Morgan fingerprint density at radius 1 is 1.26 bits per heavy atom. The van der Waals surface area contributed by atoms with Crippen LogP contribution in [0.4, 0.5) is 5.82 Å². The van der Waals surface area contributed by atoms with Gasteiger partial charge in [-0.15, -0.1) is 0 Å². The Balaban J connectivity index is 2.27. The molecule has 2 aromatic heterocycles. The molecule has 0 unspecified atom stereocenters. The quantitative estimate of drug-likeness (QED) is 0.749. The topological polar surface area (TPSA) is 89.7 Å². The fraction of sp³-hybridized carbons (Fsp3) is 0.0833. The maximum Gasteiger partial charge on any atom is 0.186 e. The summed E-state index contributed by atoms with van der Waals surface area (Å²) < 4.78 is 5.19. The van der Waals surface area contributed by atoms with Gasteiger partial charge in [0.1, 0.15) is 17.9 Å². The molecule has 0 saturated carbocycles. The molecule has 7 heteroatoms. The molecule has 96 valence electrons. The molecule has 0 amide bonds. The third kappa shape index (κ3) is 1.96. The normalized spacial score (nSPS) is 10.8. The summed E-state index contributed by atoms with van der Waals surface area (Å²) in [6.07, 6.45) is 1.38. The molecule has 3 rings (SSSR count). The summed E-state index contributed by atoms with van der Waals surface area (Å²) >= 11 is 6.06. The molecule has 1 aromatic carbocycles.